The van der Waals surface area contributed by atoms with Crippen molar-refractivity contribution in [3.63, 3.8) is 0 Å². The summed E-state index contributed by atoms with van der Waals surface area (Å²) in [6.07, 6.45) is 0. The molecule has 4 nitrogen and oxygen atoms in total. The van der Waals surface area contributed by atoms with Gasteiger partial charge in [-0.3, -0.25) is 9.59 Å². The number of carbonyl (C=O) groups excluding carboxylic acids is 2. The molecule has 0 bridgehead atoms. The minimum absolute atomic E-state index is 0.291. The molecule has 4 heteroatoms. The van der Waals surface area contributed by atoms with E-state index in [9.17, 15) is 9.59 Å². The van der Waals surface area contributed by atoms with Crippen LogP contribution in [0.2, 0.25) is 0 Å². The molecule has 23 heavy (non-hydrogen) atoms. The number of imide groups is 1. The second-order valence-corrected chi connectivity index (χ2v) is 5.32. The van der Waals surface area contributed by atoms with Crippen LogP contribution in [0, 0.1) is 0 Å². The highest BCUT2D eigenvalue weighted by molar-refractivity contribution is 6.36. The van der Waals surface area contributed by atoms with Gasteiger partial charge in [0.25, 0.3) is 11.8 Å². The topological polar surface area (TPSA) is 46.6 Å². The number of fused-ring (bicyclic) bond motifs is 2. The number of nitrogens with zero attached hydrogens (tertiary/aromatic N) is 1. The Hall–Kier alpha value is -3.14. The lowest BCUT2D eigenvalue weighted by Gasteiger charge is -2.17. The van der Waals surface area contributed by atoms with E-state index in [1.54, 1.807) is 43.5 Å². The first-order chi connectivity index (χ1) is 11.2. The summed E-state index contributed by atoms with van der Waals surface area (Å²) < 4.78 is 5.37. The number of ether oxygens (including phenoxy) is 1. The van der Waals surface area contributed by atoms with E-state index in [-0.39, 0.29) is 11.8 Å². The first-order valence-corrected chi connectivity index (χ1v) is 7.26. The molecule has 0 atom stereocenters. The molecule has 0 saturated carbocycles. The van der Waals surface area contributed by atoms with Gasteiger partial charge < -0.3 is 4.74 Å². The van der Waals surface area contributed by atoms with Gasteiger partial charge in [-0.15, -0.1) is 0 Å². The molecule has 0 radical (unpaired) electrons. The van der Waals surface area contributed by atoms with E-state index in [4.69, 9.17) is 4.74 Å². The lowest BCUT2D eigenvalue weighted by Crippen LogP contribution is -2.29. The summed E-state index contributed by atoms with van der Waals surface area (Å²) in [7, 11) is 1.60. The lowest BCUT2D eigenvalue weighted by atomic mass is 10.1. The highest BCUT2D eigenvalue weighted by Gasteiger charge is 2.37. The minimum atomic E-state index is -0.291. The van der Waals surface area contributed by atoms with Crippen molar-refractivity contribution in [2.75, 3.05) is 12.0 Å². The Labute approximate surface area is 132 Å². The standard InChI is InChI=1S/C19H13NO3/c1-23-17-11-10-16(12-6-2-3-7-13(12)17)20-18(21)14-8-4-5-9-15(14)19(20)22/h2-11H,1H3. The van der Waals surface area contributed by atoms with Crippen LogP contribution in [0.25, 0.3) is 10.8 Å². The van der Waals surface area contributed by atoms with Crippen molar-refractivity contribution in [3.8, 4) is 5.75 Å². The Bertz CT molecular complexity index is 927. The van der Waals surface area contributed by atoms with Gasteiger partial charge in [-0.05, 0) is 24.3 Å². The Balaban J connectivity index is 1.95. The maximum atomic E-state index is 12.7. The van der Waals surface area contributed by atoms with Crippen LogP contribution < -0.4 is 9.64 Å². The monoisotopic (exact) mass is 303 g/mol. The van der Waals surface area contributed by atoms with Crippen LogP contribution in [-0.4, -0.2) is 18.9 Å². The molecule has 0 N–H and O–H groups in total. The zero-order chi connectivity index (χ0) is 16.0. The van der Waals surface area contributed by atoms with Gasteiger partial charge in [0, 0.05) is 10.8 Å². The van der Waals surface area contributed by atoms with Gasteiger partial charge in [0.05, 0.1) is 23.9 Å². The fourth-order valence-corrected chi connectivity index (χ4v) is 3.04. The predicted octanol–water partition coefficient (Wildman–Crippen LogP) is 3.65. The summed E-state index contributed by atoms with van der Waals surface area (Å²) in [4.78, 5) is 26.6. The summed E-state index contributed by atoms with van der Waals surface area (Å²) in [5, 5.41) is 1.67. The highest BCUT2D eigenvalue weighted by Crippen LogP contribution is 2.37. The third-order valence-corrected chi connectivity index (χ3v) is 4.12. The third kappa shape index (κ3) is 1.85. The van der Waals surface area contributed by atoms with Gasteiger partial charge in [0.2, 0.25) is 0 Å². The molecule has 0 aromatic heterocycles. The van der Waals surface area contributed by atoms with Crippen LogP contribution in [0.4, 0.5) is 5.69 Å². The van der Waals surface area contributed by atoms with Crippen molar-refractivity contribution in [1.29, 1.82) is 0 Å². The predicted molar refractivity (Wildman–Crippen MR) is 88.1 cm³/mol. The van der Waals surface area contributed by atoms with Crippen molar-refractivity contribution < 1.29 is 14.3 Å². The van der Waals surface area contributed by atoms with Crippen LogP contribution >= 0.6 is 0 Å². The van der Waals surface area contributed by atoms with Gasteiger partial charge in [0.15, 0.2) is 0 Å². The van der Waals surface area contributed by atoms with Crippen LogP contribution in [0.3, 0.4) is 0 Å². The number of methoxy groups -OCH3 is 1. The largest absolute Gasteiger partial charge is 0.496 e. The Morgan fingerprint density at radius 2 is 1.30 bits per heavy atom. The van der Waals surface area contributed by atoms with Gasteiger partial charge in [-0.25, -0.2) is 4.90 Å². The fraction of sp³-hybridized carbons (Fsp3) is 0.0526. The van der Waals surface area contributed by atoms with Gasteiger partial charge in [0.1, 0.15) is 5.75 Å². The van der Waals surface area contributed by atoms with Gasteiger partial charge >= 0.3 is 0 Å². The average Bonchev–Trinajstić information content (AvgIpc) is 2.85. The van der Waals surface area contributed by atoms with E-state index < -0.39 is 0 Å². The molecule has 4 rings (SSSR count). The first kappa shape index (κ1) is 13.5. The second kappa shape index (κ2) is 4.95. The third-order valence-electron chi connectivity index (χ3n) is 4.12. The SMILES string of the molecule is COc1ccc(N2C(=O)c3ccccc3C2=O)c2ccccc12. The molecule has 3 aromatic rings. The van der Waals surface area contributed by atoms with Crippen molar-refractivity contribution in [2.24, 2.45) is 0 Å². The Morgan fingerprint density at radius 3 is 1.91 bits per heavy atom. The number of carbonyl (C=O) groups is 2. The maximum Gasteiger partial charge on any atom is 0.266 e. The first-order valence-electron chi connectivity index (χ1n) is 7.26. The summed E-state index contributed by atoms with van der Waals surface area (Å²) in [5.74, 6) is 0.128. The quantitative estimate of drug-likeness (QED) is 0.679. The van der Waals surface area contributed by atoms with E-state index in [0.717, 1.165) is 10.8 Å². The van der Waals surface area contributed by atoms with Crippen molar-refractivity contribution in [2.45, 2.75) is 0 Å². The summed E-state index contributed by atoms with van der Waals surface area (Å²) in [5.41, 5.74) is 1.46. The van der Waals surface area contributed by atoms with E-state index in [1.165, 1.54) is 4.90 Å². The average molecular weight is 303 g/mol. The smallest absolute Gasteiger partial charge is 0.266 e. The number of anilines is 1. The Kier molecular flexibility index (Phi) is 2.91. The molecule has 0 saturated heterocycles. The summed E-state index contributed by atoms with van der Waals surface area (Å²) in [6, 6.07) is 18.0. The normalized spacial score (nSPS) is 13.5. The van der Waals surface area contributed by atoms with E-state index in [2.05, 4.69) is 0 Å². The van der Waals surface area contributed by atoms with Gasteiger partial charge in [-0.1, -0.05) is 36.4 Å². The van der Waals surface area contributed by atoms with Crippen molar-refractivity contribution >= 4 is 28.3 Å². The number of rotatable bonds is 2. The number of benzene rings is 3. The summed E-state index contributed by atoms with van der Waals surface area (Å²) >= 11 is 0. The molecular weight excluding hydrogens is 290 g/mol. The van der Waals surface area contributed by atoms with E-state index in [1.807, 2.05) is 24.3 Å². The zero-order valence-corrected chi connectivity index (χ0v) is 12.4. The molecule has 0 spiro atoms. The van der Waals surface area contributed by atoms with Crippen molar-refractivity contribution in [1.82, 2.24) is 0 Å². The van der Waals surface area contributed by atoms with E-state index >= 15 is 0 Å². The molecule has 3 aromatic carbocycles. The molecule has 0 fully saturated rings. The molecule has 1 aliphatic rings. The molecule has 1 aliphatic heterocycles. The molecular formula is C19H13NO3. The lowest BCUT2D eigenvalue weighted by molar-refractivity contribution is 0.0926. The van der Waals surface area contributed by atoms with Crippen LogP contribution in [0.15, 0.2) is 60.7 Å². The van der Waals surface area contributed by atoms with Crippen LogP contribution in [0.1, 0.15) is 20.7 Å². The number of hydrogen-bond donors (Lipinski definition) is 0. The fourth-order valence-electron chi connectivity index (χ4n) is 3.04. The molecule has 0 unspecified atom stereocenters. The Morgan fingerprint density at radius 1 is 0.739 bits per heavy atom. The second-order valence-electron chi connectivity index (χ2n) is 5.32. The van der Waals surface area contributed by atoms with Crippen LogP contribution in [0.5, 0.6) is 5.75 Å². The van der Waals surface area contributed by atoms with Crippen LogP contribution in [-0.2, 0) is 0 Å². The van der Waals surface area contributed by atoms with Gasteiger partial charge in [-0.2, -0.15) is 0 Å². The van der Waals surface area contributed by atoms with Crippen molar-refractivity contribution in [3.05, 3.63) is 71.8 Å². The maximum absolute atomic E-state index is 12.7. The molecule has 0 aliphatic carbocycles. The zero-order valence-electron chi connectivity index (χ0n) is 12.4. The molecule has 1 heterocycles. The summed E-state index contributed by atoms with van der Waals surface area (Å²) in [6.45, 7) is 0. The van der Waals surface area contributed by atoms with E-state index in [0.29, 0.717) is 22.6 Å². The number of amides is 2. The highest BCUT2D eigenvalue weighted by atomic mass is 16.5. The minimum Gasteiger partial charge on any atom is -0.496 e. The molecule has 2 amide bonds. The number of hydrogen-bond acceptors (Lipinski definition) is 3. The molecule has 112 valence electrons.